The number of hydrogen-bond acceptors (Lipinski definition) is 2. The zero-order valence-corrected chi connectivity index (χ0v) is 13.7. The summed E-state index contributed by atoms with van der Waals surface area (Å²) in [6.07, 6.45) is 3.86. The van der Waals surface area contributed by atoms with Crippen LogP contribution in [0.1, 0.15) is 41.6 Å². The molecule has 0 spiro atoms. The second-order valence-electron chi connectivity index (χ2n) is 5.71. The number of amides is 1. The summed E-state index contributed by atoms with van der Waals surface area (Å²) in [7, 11) is 1.82. The highest BCUT2D eigenvalue weighted by atomic mass is 79.9. The van der Waals surface area contributed by atoms with Crippen LogP contribution in [-0.2, 0) is 0 Å². The third-order valence-electron chi connectivity index (χ3n) is 4.22. The van der Waals surface area contributed by atoms with E-state index in [9.17, 15) is 9.90 Å². The second kappa shape index (κ2) is 6.72. The average Bonchev–Trinajstić information content (AvgIpc) is 2.43. The molecule has 2 rings (SSSR count). The fourth-order valence-corrected chi connectivity index (χ4v) is 3.25. The zero-order valence-electron chi connectivity index (χ0n) is 12.1. The minimum absolute atomic E-state index is 0.0292. The number of rotatable bonds is 3. The molecule has 1 saturated carbocycles. The average molecular weight is 340 g/mol. The molecule has 1 fully saturated rings. The molecular formula is C16H22BrNO2. The normalized spacial score (nSPS) is 22.6. The molecule has 1 aliphatic carbocycles. The largest absolute Gasteiger partial charge is 0.393 e. The molecule has 110 valence electrons. The van der Waals surface area contributed by atoms with Gasteiger partial charge in [0.25, 0.3) is 5.91 Å². The van der Waals surface area contributed by atoms with Crippen LogP contribution < -0.4 is 0 Å². The molecule has 0 bridgehead atoms. The molecule has 20 heavy (non-hydrogen) atoms. The van der Waals surface area contributed by atoms with Gasteiger partial charge in [0.05, 0.1) is 6.10 Å². The smallest absolute Gasteiger partial charge is 0.253 e. The molecule has 0 aliphatic heterocycles. The highest BCUT2D eigenvalue weighted by molar-refractivity contribution is 9.10. The van der Waals surface area contributed by atoms with Gasteiger partial charge in [0.1, 0.15) is 0 Å². The SMILES string of the molecule is Cc1c(Br)cccc1C(=O)N(C)CC1CCCCC1O. The predicted octanol–water partition coefficient (Wildman–Crippen LogP) is 3.38. The molecular weight excluding hydrogens is 318 g/mol. The second-order valence-corrected chi connectivity index (χ2v) is 6.56. The topological polar surface area (TPSA) is 40.5 Å². The van der Waals surface area contributed by atoms with Gasteiger partial charge >= 0.3 is 0 Å². The third-order valence-corrected chi connectivity index (χ3v) is 5.08. The Hall–Kier alpha value is -0.870. The summed E-state index contributed by atoms with van der Waals surface area (Å²) < 4.78 is 0.953. The molecule has 0 radical (unpaired) electrons. The molecule has 1 aliphatic rings. The molecule has 1 N–H and O–H groups in total. The van der Waals surface area contributed by atoms with Gasteiger partial charge in [-0.05, 0) is 37.5 Å². The van der Waals surface area contributed by atoms with Crippen LogP contribution in [0.5, 0.6) is 0 Å². The van der Waals surface area contributed by atoms with Crippen LogP contribution >= 0.6 is 15.9 Å². The van der Waals surface area contributed by atoms with E-state index in [0.717, 1.165) is 41.3 Å². The summed E-state index contributed by atoms with van der Waals surface area (Å²) in [6.45, 7) is 2.58. The molecule has 0 aromatic heterocycles. The van der Waals surface area contributed by atoms with Gasteiger partial charge in [-0.2, -0.15) is 0 Å². The maximum absolute atomic E-state index is 12.5. The van der Waals surface area contributed by atoms with Crippen LogP contribution in [0.3, 0.4) is 0 Å². The standard InChI is InChI=1S/C16H22BrNO2/c1-11-13(7-5-8-14(11)17)16(20)18(2)10-12-6-3-4-9-15(12)19/h5,7-8,12,15,19H,3-4,6,9-10H2,1-2H3. The first-order valence-electron chi connectivity index (χ1n) is 7.19. The van der Waals surface area contributed by atoms with E-state index < -0.39 is 0 Å². The van der Waals surface area contributed by atoms with Gasteiger partial charge < -0.3 is 10.0 Å². The number of halogens is 1. The maximum atomic E-state index is 12.5. The van der Waals surface area contributed by atoms with Gasteiger partial charge in [0.2, 0.25) is 0 Å². The van der Waals surface area contributed by atoms with Gasteiger partial charge in [0.15, 0.2) is 0 Å². The molecule has 0 saturated heterocycles. The Morgan fingerprint density at radius 3 is 2.80 bits per heavy atom. The monoisotopic (exact) mass is 339 g/mol. The lowest BCUT2D eigenvalue weighted by molar-refractivity contribution is 0.0451. The van der Waals surface area contributed by atoms with Crippen molar-refractivity contribution in [3.63, 3.8) is 0 Å². The fourth-order valence-electron chi connectivity index (χ4n) is 2.88. The molecule has 1 amide bonds. The lowest BCUT2D eigenvalue weighted by Crippen LogP contribution is -2.38. The van der Waals surface area contributed by atoms with E-state index in [-0.39, 0.29) is 17.9 Å². The van der Waals surface area contributed by atoms with Gasteiger partial charge in [-0.3, -0.25) is 4.79 Å². The van der Waals surface area contributed by atoms with Crippen molar-refractivity contribution in [2.75, 3.05) is 13.6 Å². The Kier molecular flexibility index (Phi) is 5.22. The minimum atomic E-state index is -0.261. The maximum Gasteiger partial charge on any atom is 0.253 e. The summed E-state index contributed by atoms with van der Waals surface area (Å²) in [4.78, 5) is 14.3. The number of nitrogens with zero attached hydrogens (tertiary/aromatic N) is 1. The quantitative estimate of drug-likeness (QED) is 0.916. The summed E-state index contributed by atoms with van der Waals surface area (Å²) in [6, 6.07) is 5.68. The summed E-state index contributed by atoms with van der Waals surface area (Å²) in [5.74, 6) is 0.242. The van der Waals surface area contributed by atoms with Crippen LogP contribution in [0, 0.1) is 12.8 Å². The van der Waals surface area contributed by atoms with E-state index in [0.29, 0.717) is 6.54 Å². The van der Waals surface area contributed by atoms with Crippen LogP contribution in [-0.4, -0.2) is 35.6 Å². The number of hydrogen-bond donors (Lipinski definition) is 1. The van der Waals surface area contributed by atoms with Crippen molar-refractivity contribution in [1.29, 1.82) is 0 Å². The molecule has 0 heterocycles. The molecule has 4 heteroatoms. The zero-order chi connectivity index (χ0) is 14.7. The Morgan fingerprint density at radius 2 is 2.10 bits per heavy atom. The number of aliphatic hydroxyl groups excluding tert-OH is 1. The molecule has 1 aromatic rings. The van der Waals surface area contributed by atoms with Gasteiger partial charge in [-0.25, -0.2) is 0 Å². The van der Waals surface area contributed by atoms with E-state index >= 15 is 0 Å². The highest BCUT2D eigenvalue weighted by Crippen LogP contribution is 2.26. The minimum Gasteiger partial charge on any atom is -0.393 e. The van der Waals surface area contributed by atoms with E-state index in [1.807, 2.05) is 32.2 Å². The molecule has 2 atom stereocenters. The Bertz CT molecular complexity index is 489. The van der Waals surface area contributed by atoms with Crippen molar-refractivity contribution in [3.8, 4) is 0 Å². The summed E-state index contributed by atoms with van der Waals surface area (Å²) in [5, 5.41) is 10.0. The van der Waals surface area contributed by atoms with E-state index in [1.165, 1.54) is 0 Å². The van der Waals surface area contributed by atoms with Crippen molar-refractivity contribution < 1.29 is 9.90 Å². The fraction of sp³-hybridized carbons (Fsp3) is 0.562. The summed E-state index contributed by atoms with van der Waals surface area (Å²) >= 11 is 3.46. The Labute approximate surface area is 129 Å². The Balaban J connectivity index is 2.06. The van der Waals surface area contributed by atoms with Crippen LogP contribution in [0.15, 0.2) is 22.7 Å². The number of carbonyl (C=O) groups is 1. The van der Waals surface area contributed by atoms with Crippen LogP contribution in [0.25, 0.3) is 0 Å². The lowest BCUT2D eigenvalue weighted by atomic mass is 9.86. The molecule has 1 aromatic carbocycles. The van der Waals surface area contributed by atoms with Crippen molar-refractivity contribution >= 4 is 21.8 Å². The third kappa shape index (κ3) is 3.41. The van der Waals surface area contributed by atoms with Crippen molar-refractivity contribution in [1.82, 2.24) is 4.90 Å². The number of aliphatic hydroxyl groups is 1. The Morgan fingerprint density at radius 1 is 1.40 bits per heavy atom. The first-order valence-corrected chi connectivity index (χ1v) is 7.98. The number of carbonyl (C=O) groups excluding carboxylic acids is 1. The van der Waals surface area contributed by atoms with Crippen LogP contribution in [0.2, 0.25) is 0 Å². The molecule has 3 nitrogen and oxygen atoms in total. The van der Waals surface area contributed by atoms with Gasteiger partial charge in [0, 0.05) is 29.5 Å². The first-order chi connectivity index (χ1) is 9.50. The predicted molar refractivity (Wildman–Crippen MR) is 83.8 cm³/mol. The van der Waals surface area contributed by atoms with E-state index in [4.69, 9.17) is 0 Å². The van der Waals surface area contributed by atoms with Crippen molar-refractivity contribution in [3.05, 3.63) is 33.8 Å². The first kappa shape index (κ1) is 15.5. The highest BCUT2D eigenvalue weighted by Gasteiger charge is 2.26. The van der Waals surface area contributed by atoms with Crippen molar-refractivity contribution in [2.24, 2.45) is 5.92 Å². The lowest BCUT2D eigenvalue weighted by Gasteiger charge is -2.31. The van der Waals surface area contributed by atoms with Crippen molar-refractivity contribution in [2.45, 2.75) is 38.7 Å². The van der Waals surface area contributed by atoms with E-state index in [2.05, 4.69) is 15.9 Å². The van der Waals surface area contributed by atoms with Crippen LogP contribution in [0.4, 0.5) is 0 Å². The van der Waals surface area contributed by atoms with E-state index in [1.54, 1.807) is 4.90 Å². The van der Waals surface area contributed by atoms with Gasteiger partial charge in [-0.15, -0.1) is 0 Å². The van der Waals surface area contributed by atoms with Gasteiger partial charge in [-0.1, -0.05) is 34.8 Å². The summed E-state index contributed by atoms with van der Waals surface area (Å²) in [5.41, 5.74) is 1.70. The molecule has 2 unspecified atom stereocenters. The number of benzene rings is 1.